The van der Waals surface area contributed by atoms with E-state index in [1.54, 1.807) is 20.8 Å². The number of ether oxygens (including phenoxy) is 1. The molecule has 0 spiro atoms. The second-order valence-corrected chi connectivity index (χ2v) is 9.97. The third-order valence-electron chi connectivity index (χ3n) is 5.91. The quantitative estimate of drug-likeness (QED) is 0.483. The Hall–Kier alpha value is -2.48. The maximum atomic E-state index is 13.1. The van der Waals surface area contributed by atoms with Crippen LogP contribution < -0.4 is 5.32 Å². The second-order valence-electron chi connectivity index (χ2n) is 8.95. The number of ketones is 1. The van der Waals surface area contributed by atoms with E-state index >= 15 is 0 Å². The number of nitrogens with one attached hydrogen (secondary N) is 1. The standard InChI is InChI=1S/C23H30N2O5S/c1-7-15(26)19-12(3)17(22(28)29-8-2)21(31-19)24-20(27)18-14-11-13(23(4,5)6)9-10-16(14)30-25-18/h13H,7-11H2,1-6H3,(H,24,27)/t13-/m0/s1. The minimum Gasteiger partial charge on any atom is -0.462 e. The molecule has 31 heavy (non-hydrogen) atoms. The number of rotatable bonds is 6. The van der Waals surface area contributed by atoms with Crippen LogP contribution in [-0.2, 0) is 17.6 Å². The van der Waals surface area contributed by atoms with Gasteiger partial charge in [-0.25, -0.2) is 4.79 Å². The number of aromatic nitrogens is 1. The van der Waals surface area contributed by atoms with Gasteiger partial charge in [0.2, 0.25) is 0 Å². The lowest BCUT2D eigenvalue weighted by molar-refractivity contribution is 0.0527. The summed E-state index contributed by atoms with van der Waals surface area (Å²) in [6.45, 7) is 12.0. The molecule has 3 rings (SSSR count). The fourth-order valence-corrected chi connectivity index (χ4v) is 5.16. The Morgan fingerprint density at radius 2 is 1.97 bits per heavy atom. The van der Waals surface area contributed by atoms with Gasteiger partial charge in [0.15, 0.2) is 11.5 Å². The van der Waals surface area contributed by atoms with Gasteiger partial charge in [-0.3, -0.25) is 9.59 Å². The van der Waals surface area contributed by atoms with Crippen LogP contribution in [-0.4, -0.2) is 29.4 Å². The van der Waals surface area contributed by atoms with Crippen LogP contribution in [0.5, 0.6) is 0 Å². The fourth-order valence-electron chi connectivity index (χ4n) is 3.96. The van der Waals surface area contributed by atoms with Gasteiger partial charge in [-0.1, -0.05) is 32.9 Å². The highest BCUT2D eigenvalue weighted by atomic mass is 32.1. The van der Waals surface area contributed by atoms with E-state index < -0.39 is 11.9 Å². The first kappa shape index (κ1) is 23.2. The average molecular weight is 447 g/mol. The summed E-state index contributed by atoms with van der Waals surface area (Å²) in [7, 11) is 0. The molecule has 0 saturated heterocycles. The maximum Gasteiger partial charge on any atom is 0.341 e. The third kappa shape index (κ3) is 4.59. The first-order valence-corrected chi connectivity index (χ1v) is 11.5. The highest BCUT2D eigenvalue weighted by Crippen LogP contribution is 2.39. The molecule has 1 aliphatic rings. The summed E-state index contributed by atoms with van der Waals surface area (Å²) in [4.78, 5) is 38.5. The summed E-state index contributed by atoms with van der Waals surface area (Å²) >= 11 is 1.10. The molecule has 0 aromatic carbocycles. The molecule has 1 atom stereocenters. The summed E-state index contributed by atoms with van der Waals surface area (Å²) in [6.07, 6.45) is 2.77. The van der Waals surface area contributed by atoms with Crippen molar-refractivity contribution in [3.05, 3.63) is 33.0 Å². The van der Waals surface area contributed by atoms with E-state index in [1.807, 2.05) is 0 Å². The molecule has 0 unspecified atom stereocenters. The number of Topliss-reactive ketones (excluding diaryl/α,β-unsaturated/α-hetero) is 1. The Balaban J connectivity index is 1.94. The number of nitrogens with zero attached hydrogens (tertiary/aromatic N) is 1. The Labute approximate surface area is 186 Å². The van der Waals surface area contributed by atoms with Crippen LogP contribution in [0.15, 0.2) is 4.52 Å². The van der Waals surface area contributed by atoms with E-state index in [0.29, 0.717) is 27.8 Å². The number of anilines is 1. The molecule has 2 aromatic rings. The zero-order valence-corrected chi connectivity index (χ0v) is 19.8. The van der Waals surface area contributed by atoms with Crippen molar-refractivity contribution in [2.75, 3.05) is 11.9 Å². The molecular formula is C23H30N2O5S. The zero-order chi connectivity index (χ0) is 22.9. The summed E-state index contributed by atoms with van der Waals surface area (Å²) in [5.41, 5.74) is 1.94. The van der Waals surface area contributed by atoms with E-state index in [9.17, 15) is 14.4 Å². The normalized spacial score (nSPS) is 16.0. The highest BCUT2D eigenvalue weighted by Gasteiger charge is 2.35. The molecule has 168 valence electrons. The maximum absolute atomic E-state index is 13.1. The second kappa shape index (κ2) is 8.94. The lowest BCUT2D eigenvalue weighted by atomic mass is 9.71. The first-order valence-electron chi connectivity index (χ1n) is 10.7. The minimum atomic E-state index is -0.559. The van der Waals surface area contributed by atoms with Gasteiger partial charge in [0.05, 0.1) is 17.0 Å². The number of esters is 1. The molecule has 1 aliphatic carbocycles. The minimum absolute atomic E-state index is 0.0830. The number of fused-ring (bicyclic) bond motifs is 1. The SMILES string of the molecule is CCOC(=O)c1c(NC(=O)c2noc3c2C[C@@H](C(C)(C)C)CC3)sc(C(=O)CC)c1C. The molecule has 0 aliphatic heterocycles. The van der Waals surface area contributed by atoms with Crippen LogP contribution in [0.25, 0.3) is 0 Å². The van der Waals surface area contributed by atoms with Gasteiger partial charge in [-0.15, -0.1) is 11.3 Å². The van der Waals surface area contributed by atoms with E-state index in [1.165, 1.54) is 0 Å². The van der Waals surface area contributed by atoms with E-state index in [4.69, 9.17) is 9.26 Å². The molecule has 0 bridgehead atoms. The molecule has 1 N–H and O–H groups in total. The number of carbonyl (C=O) groups excluding carboxylic acids is 3. The summed E-state index contributed by atoms with van der Waals surface area (Å²) in [5.74, 6) is 0.0817. The van der Waals surface area contributed by atoms with Crippen molar-refractivity contribution in [3.8, 4) is 0 Å². The lowest BCUT2D eigenvalue weighted by Crippen LogP contribution is -2.27. The number of carbonyl (C=O) groups is 3. The van der Waals surface area contributed by atoms with Crippen molar-refractivity contribution in [2.24, 2.45) is 11.3 Å². The van der Waals surface area contributed by atoms with E-state index in [2.05, 4.69) is 31.2 Å². The van der Waals surface area contributed by atoms with Crippen LogP contribution in [0.3, 0.4) is 0 Å². The Morgan fingerprint density at radius 1 is 1.26 bits per heavy atom. The Kier molecular flexibility index (Phi) is 6.69. The van der Waals surface area contributed by atoms with Crippen LogP contribution in [0.1, 0.15) is 94.9 Å². The molecule has 2 aromatic heterocycles. The third-order valence-corrected chi connectivity index (χ3v) is 7.16. The molecule has 7 nitrogen and oxygen atoms in total. The Bertz CT molecular complexity index is 1010. The van der Waals surface area contributed by atoms with Crippen molar-refractivity contribution < 1.29 is 23.6 Å². The number of thiophene rings is 1. The van der Waals surface area contributed by atoms with Crippen LogP contribution in [0.2, 0.25) is 0 Å². The van der Waals surface area contributed by atoms with Crippen molar-refractivity contribution >= 4 is 34.0 Å². The van der Waals surface area contributed by atoms with Crippen molar-refractivity contribution in [2.45, 2.75) is 67.2 Å². The number of aryl methyl sites for hydroxylation is 1. The van der Waals surface area contributed by atoms with Crippen molar-refractivity contribution in [1.29, 1.82) is 0 Å². The molecule has 0 saturated carbocycles. The van der Waals surface area contributed by atoms with Gasteiger partial charge >= 0.3 is 5.97 Å². The Morgan fingerprint density at radius 3 is 2.58 bits per heavy atom. The van der Waals surface area contributed by atoms with Gasteiger partial charge in [0, 0.05) is 18.4 Å². The predicted molar refractivity (Wildman–Crippen MR) is 119 cm³/mol. The number of hydrogen-bond donors (Lipinski definition) is 1. The first-order chi connectivity index (χ1) is 14.6. The van der Waals surface area contributed by atoms with Crippen LogP contribution in [0, 0.1) is 18.3 Å². The fraction of sp³-hybridized carbons (Fsp3) is 0.565. The molecule has 0 fully saturated rings. The van der Waals surface area contributed by atoms with Crippen LogP contribution in [0.4, 0.5) is 5.00 Å². The van der Waals surface area contributed by atoms with Crippen molar-refractivity contribution in [1.82, 2.24) is 5.16 Å². The summed E-state index contributed by atoms with van der Waals surface area (Å²) in [5, 5.41) is 7.14. The highest BCUT2D eigenvalue weighted by molar-refractivity contribution is 7.18. The summed E-state index contributed by atoms with van der Waals surface area (Å²) in [6, 6.07) is 0. The van der Waals surface area contributed by atoms with Gasteiger partial charge in [-0.2, -0.15) is 0 Å². The molecule has 8 heteroatoms. The number of amides is 1. The van der Waals surface area contributed by atoms with Gasteiger partial charge in [-0.05, 0) is 43.6 Å². The summed E-state index contributed by atoms with van der Waals surface area (Å²) < 4.78 is 10.6. The van der Waals surface area contributed by atoms with Gasteiger partial charge in [0.25, 0.3) is 5.91 Å². The number of hydrogen-bond acceptors (Lipinski definition) is 7. The van der Waals surface area contributed by atoms with Gasteiger partial charge in [0.1, 0.15) is 10.8 Å². The molecule has 1 amide bonds. The smallest absolute Gasteiger partial charge is 0.341 e. The van der Waals surface area contributed by atoms with Crippen LogP contribution >= 0.6 is 11.3 Å². The molecule has 0 radical (unpaired) electrons. The zero-order valence-electron chi connectivity index (χ0n) is 19.0. The van der Waals surface area contributed by atoms with Gasteiger partial charge < -0.3 is 14.6 Å². The van der Waals surface area contributed by atoms with E-state index in [0.717, 1.165) is 41.9 Å². The topological polar surface area (TPSA) is 98.5 Å². The largest absolute Gasteiger partial charge is 0.462 e. The average Bonchev–Trinajstić information content (AvgIpc) is 3.27. The monoisotopic (exact) mass is 446 g/mol. The molecular weight excluding hydrogens is 416 g/mol. The molecule has 2 heterocycles. The lowest BCUT2D eigenvalue weighted by Gasteiger charge is -2.33. The van der Waals surface area contributed by atoms with Crippen molar-refractivity contribution in [3.63, 3.8) is 0 Å². The van der Waals surface area contributed by atoms with E-state index in [-0.39, 0.29) is 29.1 Å². The predicted octanol–water partition coefficient (Wildman–Crippen LogP) is 5.22.